The van der Waals surface area contributed by atoms with Gasteiger partial charge in [0.15, 0.2) is 9.84 Å². The second kappa shape index (κ2) is 5.23. The van der Waals surface area contributed by atoms with Gasteiger partial charge in [0.25, 0.3) is 0 Å². The van der Waals surface area contributed by atoms with E-state index in [1.807, 2.05) is 26.8 Å². The lowest BCUT2D eigenvalue weighted by Crippen LogP contribution is -2.15. The van der Waals surface area contributed by atoms with Crippen LogP contribution in [0.4, 0.5) is 0 Å². The van der Waals surface area contributed by atoms with Crippen LogP contribution in [0.25, 0.3) is 0 Å². The molecule has 0 saturated carbocycles. The molecule has 1 aromatic rings. The minimum atomic E-state index is -3.18. The third-order valence-electron chi connectivity index (χ3n) is 2.65. The van der Waals surface area contributed by atoms with Crippen LogP contribution < -0.4 is 0 Å². The molecule has 0 fully saturated rings. The molecule has 0 heterocycles. The van der Waals surface area contributed by atoms with E-state index in [2.05, 4.69) is 0 Å². The Kier molecular flexibility index (Phi) is 4.44. The van der Waals surface area contributed by atoms with Crippen molar-refractivity contribution in [2.75, 3.05) is 5.75 Å². The molecule has 0 bridgehead atoms. The third kappa shape index (κ3) is 2.80. The van der Waals surface area contributed by atoms with Crippen molar-refractivity contribution in [1.82, 2.24) is 0 Å². The standard InChI is InChI=1S/C12H18O2S2/c1-5-15-11(4)16(13,14)12-7-6-9(2)10(3)8-12/h6-8,11H,5H2,1-4H3. The van der Waals surface area contributed by atoms with E-state index in [-0.39, 0.29) is 4.58 Å². The van der Waals surface area contributed by atoms with Crippen molar-refractivity contribution in [3.8, 4) is 0 Å². The van der Waals surface area contributed by atoms with Crippen molar-refractivity contribution in [2.24, 2.45) is 0 Å². The quantitative estimate of drug-likeness (QED) is 0.832. The van der Waals surface area contributed by atoms with Crippen molar-refractivity contribution in [3.05, 3.63) is 29.3 Å². The van der Waals surface area contributed by atoms with Crippen LogP contribution in [0.5, 0.6) is 0 Å². The Morgan fingerprint density at radius 2 is 1.88 bits per heavy atom. The summed E-state index contributed by atoms with van der Waals surface area (Å²) >= 11 is 1.46. The lowest BCUT2D eigenvalue weighted by molar-refractivity contribution is 0.595. The minimum absolute atomic E-state index is 0.375. The summed E-state index contributed by atoms with van der Waals surface area (Å²) < 4.78 is 24.0. The van der Waals surface area contributed by atoms with Crippen LogP contribution in [-0.4, -0.2) is 18.8 Å². The second-order valence-electron chi connectivity index (χ2n) is 3.81. The molecule has 0 amide bonds. The normalized spacial score (nSPS) is 13.8. The Hall–Kier alpha value is -0.480. The van der Waals surface area contributed by atoms with Crippen LogP contribution in [0.1, 0.15) is 25.0 Å². The van der Waals surface area contributed by atoms with Gasteiger partial charge in [0.05, 0.1) is 4.90 Å². The molecule has 2 nitrogen and oxygen atoms in total. The first-order chi connectivity index (χ1) is 7.39. The molecule has 0 aromatic heterocycles. The van der Waals surface area contributed by atoms with Gasteiger partial charge in [-0.2, -0.15) is 0 Å². The highest BCUT2D eigenvalue weighted by molar-refractivity contribution is 8.13. The summed E-state index contributed by atoms with van der Waals surface area (Å²) in [6.45, 7) is 7.64. The summed E-state index contributed by atoms with van der Waals surface area (Å²) in [7, 11) is -3.18. The Balaban J connectivity index is 3.12. The zero-order chi connectivity index (χ0) is 12.3. The average Bonchev–Trinajstić information content (AvgIpc) is 2.22. The summed E-state index contributed by atoms with van der Waals surface area (Å²) in [6.07, 6.45) is 0. The smallest absolute Gasteiger partial charge is 0.190 e. The maximum absolute atomic E-state index is 12.2. The maximum atomic E-state index is 12.2. The van der Waals surface area contributed by atoms with Gasteiger partial charge in [0.1, 0.15) is 4.58 Å². The first-order valence-electron chi connectivity index (χ1n) is 5.32. The van der Waals surface area contributed by atoms with Gasteiger partial charge in [-0.05, 0) is 49.8 Å². The highest BCUT2D eigenvalue weighted by atomic mass is 32.3. The van der Waals surface area contributed by atoms with E-state index in [0.717, 1.165) is 16.9 Å². The predicted octanol–water partition coefficient (Wildman–Crippen LogP) is 3.18. The van der Waals surface area contributed by atoms with Gasteiger partial charge in [0, 0.05) is 0 Å². The summed E-state index contributed by atoms with van der Waals surface area (Å²) in [5.41, 5.74) is 2.14. The fourth-order valence-corrected chi connectivity index (χ4v) is 4.32. The lowest BCUT2D eigenvalue weighted by Gasteiger charge is -2.12. The number of benzene rings is 1. The summed E-state index contributed by atoms with van der Waals surface area (Å²) in [6, 6.07) is 5.33. The molecular formula is C12H18O2S2. The molecule has 0 aliphatic rings. The zero-order valence-corrected chi connectivity index (χ0v) is 11.8. The van der Waals surface area contributed by atoms with E-state index in [1.165, 1.54) is 11.8 Å². The fraction of sp³-hybridized carbons (Fsp3) is 0.500. The van der Waals surface area contributed by atoms with Crippen LogP contribution in [0.2, 0.25) is 0 Å². The molecule has 0 radical (unpaired) electrons. The SMILES string of the molecule is CCSC(C)S(=O)(=O)c1ccc(C)c(C)c1. The Morgan fingerprint density at radius 1 is 1.25 bits per heavy atom. The molecule has 1 rings (SSSR count). The van der Waals surface area contributed by atoms with Crippen molar-refractivity contribution in [1.29, 1.82) is 0 Å². The van der Waals surface area contributed by atoms with E-state index in [4.69, 9.17) is 0 Å². The molecule has 4 heteroatoms. The van der Waals surface area contributed by atoms with Crippen molar-refractivity contribution >= 4 is 21.6 Å². The first kappa shape index (κ1) is 13.6. The van der Waals surface area contributed by atoms with Gasteiger partial charge >= 0.3 is 0 Å². The molecule has 1 aromatic carbocycles. The van der Waals surface area contributed by atoms with E-state index in [0.29, 0.717) is 4.90 Å². The number of hydrogen-bond acceptors (Lipinski definition) is 3. The highest BCUT2D eigenvalue weighted by Crippen LogP contribution is 2.25. The van der Waals surface area contributed by atoms with Crippen LogP contribution in [0, 0.1) is 13.8 Å². The topological polar surface area (TPSA) is 34.1 Å². The number of hydrogen-bond donors (Lipinski definition) is 0. The summed E-state index contributed by atoms with van der Waals surface area (Å²) in [5.74, 6) is 0.811. The van der Waals surface area contributed by atoms with Crippen molar-refractivity contribution < 1.29 is 8.42 Å². The largest absolute Gasteiger partial charge is 0.223 e. The van der Waals surface area contributed by atoms with Gasteiger partial charge in [-0.25, -0.2) is 8.42 Å². The highest BCUT2D eigenvalue weighted by Gasteiger charge is 2.23. The molecule has 0 saturated heterocycles. The fourth-order valence-electron chi connectivity index (χ4n) is 1.41. The third-order valence-corrected chi connectivity index (χ3v) is 6.40. The van der Waals surface area contributed by atoms with Crippen LogP contribution >= 0.6 is 11.8 Å². The van der Waals surface area contributed by atoms with Gasteiger partial charge in [-0.1, -0.05) is 13.0 Å². The second-order valence-corrected chi connectivity index (χ2v) is 8.00. The van der Waals surface area contributed by atoms with E-state index in [9.17, 15) is 8.42 Å². The van der Waals surface area contributed by atoms with Crippen LogP contribution in [0.3, 0.4) is 0 Å². The number of sulfone groups is 1. The summed E-state index contributed by atoms with van der Waals surface area (Å²) in [5, 5.41) is 0. The monoisotopic (exact) mass is 258 g/mol. The van der Waals surface area contributed by atoms with Crippen molar-refractivity contribution in [2.45, 2.75) is 37.2 Å². The van der Waals surface area contributed by atoms with Gasteiger partial charge < -0.3 is 0 Å². The minimum Gasteiger partial charge on any atom is -0.223 e. The number of thioether (sulfide) groups is 1. The first-order valence-corrected chi connectivity index (χ1v) is 7.92. The molecule has 0 aliphatic carbocycles. The van der Waals surface area contributed by atoms with E-state index in [1.54, 1.807) is 19.1 Å². The lowest BCUT2D eigenvalue weighted by atomic mass is 10.1. The van der Waals surface area contributed by atoms with Crippen LogP contribution in [0.15, 0.2) is 23.1 Å². The van der Waals surface area contributed by atoms with Crippen molar-refractivity contribution in [3.63, 3.8) is 0 Å². The molecular weight excluding hydrogens is 240 g/mol. The zero-order valence-electron chi connectivity index (χ0n) is 10.1. The summed E-state index contributed by atoms with van der Waals surface area (Å²) in [4.78, 5) is 0.434. The number of rotatable bonds is 4. The van der Waals surface area contributed by atoms with Gasteiger partial charge in [-0.3, -0.25) is 0 Å². The van der Waals surface area contributed by atoms with Gasteiger partial charge in [0.2, 0.25) is 0 Å². The molecule has 90 valence electrons. The Morgan fingerprint density at radius 3 is 2.38 bits per heavy atom. The molecule has 0 N–H and O–H groups in total. The molecule has 0 aliphatic heterocycles. The number of aryl methyl sites for hydroxylation is 2. The van der Waals surface area contributed by atoms with Gasteiger partial charge in [-0.15, -0.1) is 11.8 Å². The van der Waals surface area contributed by atoms with E-state index < -0.39 is 9.84 Å². The predicted molar refractivity (Wildman–Crippen MR) is 70.7 cm³/mol. The molecule has 1 atom stereocenters. The maximum Gasteiger partial charge on any atom is 0.190 e. The molecule has 16 heavy (non-hydrogen) atoms. The average molecular weight is 258 g/mol. The molecule has 0 spiro atoms. The van der Waals surface area contributed by atoms with E-state index >= 15 is 0 Å². The Bertz CT molecular complexity index is 464. The molecule has 1 unspecified atom stereocenters. The Labute approximate surface area is 102 Å². The van der Waals surface area contributed by atoms with Crippen LogP contribution in [-0.2, 0) is 9.84 Å².